The Morgan fingerprint density at radius 3 is 2.91 bits per heavy atom. The number of thiazole rings is 1. The summed E-state index contributed by atoms with van der Waals surface area (Å²) in [5, 5.41) is 12.6. The lowest BCUT2D eigenvalue weighted by atomic mass is 10.2. The largest absolute Gasteiger partial charge is 0.493 e. The number of likely N-dealkylation sites (tertiary alicyclic amines) is 1. The zero-order chi connectivity index (χ0) is 15.5. The fraction of sp³-hybridized carbons (Fsp3) is 0.438. The van der Waals surface area contributed by atoms with E-state index in [4.69, 9.17) is 14.5 Å². The molecule has 5 nitrogen and oxygen atoms in total. The monoisotopic (exact) mass is 320 g/mol. The van der Waals surface area contributed by atoms with Gasteiger partial charge in [0.1, 0.15) is 5.01 Å². The van der Waals surface area contributed by atoms with Crippen LogP contribution in [0.3, 0.4) is 0 Å². The molecule has 1 atom stereocenters. The van der Waals surface area contributed by atoms with Gasteiger partial charge in [0.05, 0.1) is 31.6 Å². The highest BCUT2D eigenvalue weighted by Crippen LogP contribution is 2.39. The van der Waals surface area contributed by atoms with E-state index in [1.54, 1.807) is 25.6 Å². The number of nitrogens with zero attached hydrogens (tertiary/aromatic N) is 2. The number of rotatable bonds is 5. The van der Waals surface area contributed by atoms with Crippen LogP contribution in [-0.2, 0) is 6.54 Å². The van der Waals surface area contributed by atoms with E-state index in [2.05, 4.69) is 10.3 Å². The predicted octanol–water partition coefficient (Wildman–Crippen LogP) is 2.39. The molecule has 2 aromatic rings. The number of hydrogen-bond donors (Lipinski definition) is 1. The molecule has 1 aromatic heterocycles. The van der Waals surface area contributed by atoms with Crippen LogP contribution in [0, 0.1) is 0 Å². The molecule has 0 saturated carbocycles. The highest BCUT2D eigenvalue weighted by molar-refractivity contribution is 7.13. The molecule has 0 spiro atoms. The molecule has 1 N–H and O–H groups in total. The molecule has 1 fully saturated rings. The Hall–Kier alpha value is -1.63. The van der Waals surface area contributed by atoms with Gasteiger partial charge in [-0.3, -0.25) is 4.90 Å². The molecule has 22 heavy (non-hydrogen) atoms. The Balaban J connectivity index is 1.82. The van der Waals surface area contributed by atoms with Crippen LogP contribution in [0.25, 0.3) is 10.6 Å². The van der Waals surface area contributed by atoms with E-state index in [1.807, 2.05) is 18.2 Å². The number of aliphatic hydroxyl groups is 1. The van der Waals surface area contributed by atoms with Crippen LogP contribution >= 0.6 is 11.3 Å². The second kappa shape index (κ2) is 6.64. The Morgan fingerprint density at radius 1 is 1.36 bits per heavy atom. The molecular formula is C16H20N2O3S. The molecule has 0 unspecified atom stereocenters. The van der Waals surface area contributed by atoms with Crippen molar-refractivity contribution < 1.29 is 14.6 Å². The van der Waals surface area contributed by atoms with Crippen LogP contribution in [0.4, 0.5) is 0 Å². The van der Waals surface area contributed by atoms with E-state index in [-0.39, 0.29) is 6.10 Å². The van der Waals surface area contributed by atoms with Crippen molar-refractivity contribution in [2.24, 2.45) is 0 Å². The molecule has 0 amide bonds. The van der Waals surface area contributed by atoms with E-state index in [1.165, 1.54) is 0 Å². The van der Waals surface area contributed by atoms with Crippen molar-refractivity contribution in [3.05, 3.63) is 29.3 Å². The van der Waals surface area contributed by atoms with Gasteiger partial charge in [0.2, 0.25) is 0 Å². The number of aliphatic hydroxyl groups excluding tert-OH is 1. The molecule has 0 aliphatic carbocycles. The van der Waals surface area contributed by atoms with Gasteiger partial charge in [0.15, 0.2) is 11.5 Å². The number of para-hydroxylation sites is 1. The molecule has 1 aliphatic heterocycles. The standard InChI is InChI=1S/C16H20N2O3S/c1-20-14-5-3-4-13(15(14)21-2)16-17-11(10-22-16)8-18-7-6-12(19)9-18/h3-5,10,12,19H,6-9H2,1-2H3/t12-/m1/s1. The summed E-state index contributed by atoms with van der Waals surface area (Å²) in [5.74, 6) is 1.42. The maximum atomic E-state index is 9.60. The molecule has 6 heteroatoms. The minimum absolute atomic E-state index is 0.198. The summed E-state index contributed by atoms with van der Waals surface area (Å²) in [6.07, 6.45) is 0.650. The molecule has 0 bridgehead atoms. The normalized spacial score (nSPS) is 18.6. The Kier molecular flexibility index (Phi) is 4.61. The molecule has 1 saturated heterocycles. The first-order chi connectivity index (χ1) is 10.7. The first-order valence-electron chi connectivity index (χ1n) is 7.27. The van der Waals surface area contributed by atoms with Crippen molar-refractivity contribution in [3.63, 3.8) is 0 Å². The average molecular weight is 320 g/mol. The SMILES string of the molecule is COc1cccc(-c2nc(CN3CC[C@@H](O)C3)cs2)c1OC. The summed E-state index contributed by atoms with van der Waals surface area (Å²) in [5.41, 5.74) is 1.97. The fourth-order valence-corrected chi connectivity index (χ4v) is 3.58. The predicted molar refractivity (Wildman–Crippen MR) is 86.6 cm³/mol. The van der Waals surface area contributed by atoms with Gasteiger partial charge in [-0.25, -0.2) is 4.98 Å². The fourth-order valence-electron chi connectivity index (χ4n) is 2.74. The molecule has 1 aromatic carbocycles. The number of hydrogen-bond acceptors (Lipinski definition) is 6. The van der Waals surface area contributed by atoms with Crippen LogP contribution in [0.2, 0.25) is 0 Å². The van der Waals surface area contributed by atoms with E-state index in [0.717, 1.165) is 42.3 Å². The van der Waals surface area contributed by atoms with Gasteiger partial charge in [-0.1, -0.05) is 6.07 Å². The van der Waals surface area contributed by atoms with Gasteiger partial charge < -0.3 is 14.6 Å². The topological polar surface area (TPSA) is 54.8 Å². The van der Waals surface area contributed by atoms with Crippen molar-refractivity contribution in [3.8, 4) is 22.1 Å². The Morgan fingerprint density at radius 2 is 2.23 bits per heavy atom. The number of aromatic nitrogens is 1. The van der Waals surface area contributed by atoms with E-state index < -0.39 is 0 Å². The lowest BCUT2D eigenvalue weighted by Crippen LogP contribution is -2.21. The summed E-state index contributed by atoms with van der Waals surface area (Å²) in [4.78, 5) is 6.94. The molecule has 2 heterocycles. The number of ether oxygens (including phenoxy) is 2. The lowest BCUT2D eigenvalue weighted by Gasteiger charge is -2.12. The molecule has 118 valence electrons. The van der Waals surface area contributed by atoms with Gasteiger partial charge in [-0.15, -0.1) is 11.3 Å². The summed E-state index contributed by atoms with van der Waals surface area (Å²) in [7, 11) is 3.27. The highest BCUT2D eigenvalue weighted by Gasteiger charge is 2.21. The van der Waals surface area contributed by atoms with Gasteiger partial charge in [-0.05, 0) is 18.6 Å². The van der Waals surface area contributed by atoms with E-state index in [9.17, 15) is 5.11 Å². The highest BCUT2D eigenvalue weighted by atomic mass is 32.1. The summed E-state index contributed by atoms with van der Waals surface area (Å²) in [6.45, 7) is 2.44. The van der Waals surface area contributed by atoms with Crippen molar-refractivity contribution in [2.45, 2.75) is 19.1 Å². The van der Waals surface area contributed by atoms with Gasteiger partial charge in [-0.2, -0.15) is 0 Å². The Bertz CT molecular complexity index is 644. The van der Waals surface area contributed by atoms with Crippen LogP contribution in [0.5, 0.6) is 11.5 Å². The van der Waals surface area contributed by atoms with Crippen molar-refractivity contribution in [2.75, 3.05) is 27.3 Å². The third kappa shape index (κ3) is 3.09. The van der Waals surface area contributed by atoms with E-state index in [0.29, 0.717) is 11.5 Å². The maximum absolute atomic E-state index is 9.60. The third-order valence-electron chi connectivity index (χ3n) is 3.82. The molecule has 3 rings (SSSR count). The molecule has 0 radical (unpaired) electrons. The minimum atomic E-state index is -0.198. The van der Waals surface area contributed by atoms with Gasteiger partial charge >= 0.3 is 0 Å². The van der Waals surface area contributed by atoms with Crippen molar-refractivity contribution in [1.82, 2.24) is 9.88 Å². The van der Waals surface area contributed by atoms with Gasteiger partial charge in [0, 0.05) is 25.0 Å². The van der Waals surface area contributed by atoms with Crippen LogP contribution < -0.4 is 9.47 Å². The first-order valence-corrected chi connectivity index (χ1v) is 8.15. The second-order valence-corrected chi connectivity index (χ2v) is 6.22. The number of benzene rings is 1. The third-order valence-corrected chi connectivity index (χ3v) is 4.74. The summed E-state index contributed by atoms with van der Waals surface area (Å²) < 4.78 is 10.8. The summed E-state index contributed by atoms with van der Waals surface area (Å²) in [6, 6.07) is 5.81. The quantitative estimate of drug-likeness (QED) is 0.917. The molecular weight excluding hydrogens is 300 g/mol. The van der Waals surface area contributed by atoms with Crippen molar-refractivity contribution >= 4 is 11.3 Å². The minimum Gasteiger partial charge on any atom is -0.493 e. The van der Waals surface area contributed by atoms with Crippen LogP contribution in [-0.4, -0.2) is 48.4 Å². The van der Waals surface area contributed by atoms with Crippen LogP contribution in [0.1, 0.15) is 12.1 Å². The van der Waals surface area contributed by atoms with Gasteiger partial charge in [0.25, 0.3) is 0 Å². The number of methoxy groups -OCH3 is 2. The zero-order valence-electron chi connectivity index (χ0n) is 12.8. The number of β-amino-alcohol motifs (C(OH)–C–C–N with tert-alkyl or cyclic N) is 1. The summed E-state index contributed by atoms with van der Waals surface area (Å²) >= 11 is 1.60. The van der Waals surface area contributed by atoms with E-state index >= 15 is 0 Å². The van der Waals surface area contributed by atoms with Crippen LogP contribution in [0.15, 0.2) is 23.6 Å². The zero-order valence-corrected chi connectivity index (χ0v) is 13.6. The maximum Gasteiger partial charge on any atom is 0.170 e. The molecule has 1 aliphatic rings. The first kappa shape index (κ1) is 15.3. The second-order valence-electron chi connectivity index (χ2n) is 5.36. The smallest absolute Gasteiger partial charge is 0.170 e. The average Bonchev–Trinajstić information content (AvgIpc) is 3.16. The van der Waals surface area contributed by atoms with Crippen molar-refractivity contribution in [1.29, 1.82) is 0 Å². The Labute approximate surface area is 134 Å². The lowest BCUT2D eigenvalue weighted by molar-refractivity contribution is 0.174.